The fraction of sp³-hybridized carbons (Fsp3) is 0.667. The van der Waals surface area contributed by atoms with E-state index in [1.54, 1.807) is 0 Å². The number of phosphoric acid groups is 2. The van der Waals surface area contributed by atoms with Crippen LogP contribution in [0.2, 0.25) is 0 Å². The highest BCUT2D eigenvalue weighted by molar-refractivity contribution is 7.47. The van der Waals surface area contributed by atoms with Gasteiger partial charge in [-0.2, -0.15) is 0 Å². The van der Waals surface area contributed by atoms with Crippen molar-refractivity contribution in [2.45, 2.75) is 360 Å². The lowest BCUT2D eigenvalue weighted by Crippen LogP contribution is -2.30. The van der Waals surface area contributed by atoms with Gasteiger partial charge in [0.25, 0.3) is 0 Å². The van der Waals surface area contributed by atoms with E-state index in [0.29, 0.717) is 19.3 Å². The van der Waals surface area contributed by atoms with Crippen LogP contribution in [0.3, 0.4) is 0 Å². The van der Waals surface area contributed by atoms with Gasteiger partial charge in [0, 0.05) is 19.3 Å². The van der Waals surface area contributed by atoms with Gasteiger partial charge in [-0.25, -0.2) is 9.13 Å². The van der Waals surface area contributed by atoms with Gasteiger partial charge < -0.3 is 34.2 Å². The molecule has 5 unspecified atom stereocenters. The molecule has 0 aliphatic rings. The molecule has 0 aliphatic carbocycles. The van der Waals surface area contributed by atoms with Crippen LogP contribution in [0.5, 0.6) is 0 Å². The van der Waals surface area contributed by atoms with Crippen molar-refractivity contribution >= 4 is 33.6 Å². The third-order valence-electron chi connectivity index (χ3n) is 17.9. The fourth-order valence-electron chi connectivity index (χ4n) is 11.4. The average Bonchev–Trinajstić information content (AvgIpc) is 0.889. The van der Waals surface area contributed by atoms with E-state index in [0.717, 1.165) is 173 Å². The molecule has 5 atom stereocenters. The zero-order chi connectivity index (χ0) is 80.8. The van der Waals surface area contributed by atoms with Crippen molar-refractivity contribution in [2.24, 2.45) is 0 Å². The van der Waals surface area contributed by atoms with Crippen LogP contribution in [0.25, 0.3) is 0 Å². The van der Waals surface area contributed by atoms with E-state index in [1.165, 1.54) is 109 Å². The summed E-state index contributed by atoms with van der Waals surface area (Å²) in [6.45, 7) is 2.42. The Kier molecular flexibility index (Phi) is 80.4. The van der Waals surface area contributed by atoms with Crippen LogP contribution in [0, 0.1) is 0 Å². The van der Waals surface area contributed by atoms with E-state index in [2.05, 4.69) is 191 Å². The molecular formula is C93H156O16P2. The van der Waals surface area contributed by atoms with Crippen LogP contribution in [0.1, 0.15) is 342 Å². The Morgan fingerprint density at radius 3 is 0.757 bits per heavy atom. The second-order valence-electron chi connectivity index (χ2n) is 28.6. The topological polar surface area (TPSA) is 231 Å². The van der Waals surface area contributed by atoms with Crippen molar-refractivity contribution in [2.75, 3.05) is 39.6 Å². The summed E-state index contributed by atoms with van der Waals surface area (Å²) < 4.78 is 61.4. The van der Waals surface area contributed by atoms with Crippen molar-refractivity contribution in [3.63, 3.8) is 0 Å². The Hall–Kier alpha value is -5.09. The number of phosphoric ester groups is 2. The van der Waals surface area contributed by atoms with E-state index < -0.39 is 91.5 Å². The quantitative estimate of drug-likeness (QED) is 0.0146. The van der Waals surface area contributed by atoms with Crippen molar-refractivity contribution in [1.82, 2.24) is 0 Å². The van der Waals surface area contributed by atoms with E-state index in [4.69, 9.17) is 32.3 Å². The summed E-state index contributed by atoms with van der Waals surface area (Å²) in [5.41, 5.74) is 0. The maximum Gasteiger partial charge on any atom is 0.472 e. The first-order chi connectivity index (χ1) is 54.2. The van der Waals surface area contributed by atoms with Gasteiger partial charge in [-0.1, -0.05) is 339 Å². The van der Waals surface area contributed by atoms with Gasteiger partial charge in [0.15, 0.2) is 6.10 Å². The zero-order valence-electron chi connectivity index (χ0n) is 69.6. The molecule has 0 heterocycles. The first-order valence-corrected chi connectivity index (χ1v) is 46.4. The number of hydrogen-bond donors (Lipinski definition) is 4. The first-order valence-electron chi connectivity index (χ1n) is 43.4. The number of hydrogen-bond acceptors (Lipinski definition) is 14. The zero-order valence-corrected chi connectivity index (χ0v) is 71.4. The molecule has 4 N–H and O–H groups in total. The summed E-state index contributed by atoms with van der Waals surface area (Å²) in [7, 11) is -9.82. The molecular weight excluding hydrogens is 1430 g/mol. The van der Waals surface area contributed by atoms with Gasteiger partial charge in [-0.3, -0.25) is 32.5 Å². The van der Waals surface area contributed by atoms with Gasteiger partial charge in [0.2, 0.25) is 0 Å². The number of unbranched alkanes of at least 4 members (excludes halogenated alkanes) is 30. The minimum absolute atomic E-state index is 0.0767. The molecule has 0 aromatic rings. The Morgan fingerprint density at radius 1 is 0.261 bits per heavy atom. The molecule has 111 heavy (non-hydrogen) atoms. The van der Waals surface area contributed by atoms with Crippen molar-refractivity contribution in [1.29, 1.82) is 0 Å². The molecule has 16 nitrogen and oxygen atoms in total. The normalized spacial score (nSPS) is 14.7. The molecule has 18 heteroatoms. The van der Waals surface area contributed by atoms with Crippen LogP contribution in [-0.2, 0) is 55.8 Å². The summed E-state index contributed by atoms with van der Waals surface area (Å²) in [6, 6.07) is 0. The van der Waals surface area contributed by atoms with Crippen molar-refractivity contribution < 1.29 is 75.8 Å². The monoisotopic (exact) mass is 1590 g/mol. The Bertz CT molecular complexity index is 2700. The summed E-state index contributed by atoms with van der Waals surface area (Å²) in [5, 5.41) is 20.7. The van der Waals surface area contributed by atoms with Crippen LogP contribution in [0.15, 0.2) is 170 Å². The molecule has 0 amide bonds. The summed E-state index contributed by atoms with van der Waals surface area (Å²) in [6.07, 6.45) is 108. The smallest absolute Gasteiger partial charge is 0.463 e. The number of carbonyl (C=O) groups excluding carboxylic acids is 3. The molecule has 0 radical (unpaired) electrons. The first kappa shape index (κ1) is 106. The number of carbonyl (C=O) groups is 3. The summed E-state index contributed by atoms with van der Waals surface area (Å²) in [5.74, 6) is -1.60. The van der Waals surface area contributed by atoms with Crippen LogP contribution < -0.4 is 0 Å². The van der Waals surface area contributed by atoms with E-state index in [1.807, 2.05) is 0 Å². The third-order valence-corrected chi connectivity index (χ3v) is 19.8. The maximum atomic E-state index is 13.0. The fourth-order valence-corrected chi connectivity index (χ4v) is 13.0. The van der Waals surface area contributed by atoms with E-state index >= 15 is 0 Å². The minimum Gasteiger partial charge on any atom is -0.463 e. The van der Waals surface area contributed by atoms with Gasteiger partial charge in [-0.15, -0.1) is 0 Å². The lowest BCUT2D eigenvalue weighted by atomic mass is 10.0. The van der Waals surface area contributed by atoms with Gasteiger partial charge >= 0.3 is 33.6 Å². The lowest BCUT2D eigenvalue weighted by molar-refractivity contribution is -0.161. The number of allylic oxidation sites excluding steroid dienone is 28. The SMILES string of the molecule is CC/C=C\C/C=C\C/C=C\C/C=C\C/C=C\CCCCCCCCCCCCCC(=O)OCC(O)COP(=O)(O)OCC(O)COP(=O)(O)OCC(COC(=O)CCCCCCCCCCCCC/C=C\C/C=C\C/C=C\C/C=C\CCCCC)OC(=O)CCCCCCC/C=C\C/C=C\C/C=C\C/C=C\C/C=C\CC. The summed E-state index contributed by atoms with van der Waals surface area (Å²) >= 11 is 0. The Balaban J connectivity index is 4.67. The molecule has 0 saturated carbocycles. The number of esters is 3. The van der Waals surface area contributed by atoms with Crippen molar-refractivity contribution in [3.8, 4) is 0 Å². The highest BCUT2D eigenvalue weighted by Crippen LogP contribution is 2.45. The Labute approximate surface area is 675 Å². The molecule has 0 fully saturated rings. The van der Waals surface area contributed by atoms with E-state index in [-0.39, 0.29) is 19.3 Å². The molecule has 0 aliphatic heterocycles. The molecule has 0 spiro atoms. The van der Waals surface area contributed by atoms with Crippen molar-refractivity contribution in [3.05, 3.63) is 170 Å². The van der Waals surface area contributed by atoms with Gasteiger partial charge in [0.1, 0.15) is 25.4 Å². The second-order valence-corrected chi connectivity index (χ2v) is 31.5. The molecule has 0 rings (SSSR count). The average molecular weight is 1590 g/mol. The standard InChI is InChI=1S/C93H156O16P2/c1-4-7-10-13-16-19-22-25-28-31-34-37-39-41-43-45-47-50-52-55-58-61-64-67-70-73-76-79-91(96)103-82-88(94)83-105-110(99,100)106-84-89(95)85-107-111(101,102)108-87-90(109-93(98)81-78-75-72-69-66-63-60-57-54-49-36-33-30-27-24-21-18-15-12-9-6-3)86-104-92(97)80-77-74-71-68-65-62-59-56-53-51-48-46-44-42-40-38-35-32-29-26-23-20-17-14-11-8-5-2/h7,9-10,12,16-21,25-30,34-38,41-44,49,57,60,88-90,94-95H,4-6,8,11,13-15,22-24,31-33,39-40,45-48,50-56,58-59,61-87H2,1-3H3,(H,99,100)(H,101,102)/b10-7-,12-9-,19-16-,20-17-,21-18-,28-25-,29-26-,30-27-,37-34-,38-35-,43-41-,44-42-,49-36-,60-57-. The maximum absolute atomic E-state index is 13.0. The minimum atomic E-state index is -4.95. The number of aliphatic hydroxyl groups is 2. The predicted octanol–water partition coefficient (Wildman–Crippen LogP) is 26.3. The number of ether oxygens (including phenoxy) is 3. The highest BCUT2D eigenvalue weighted by atomic mass is 31.2. The van der Waals surface area contributed by atoms with Gasteiger partial charge in [-0.05, 0) is 154 Å². The Morgan fingerprint density at radius 2 is 0.477 bits per heavy atom. The summed E-state index contributed by atoms with van der Waals surface area (Å²) in [4.78, 5) is 58.9. The highest BCUT2D eigenvalue weighted by Gasteiger charge is 2.29. The number of aliphatic hydroxyl groups excluding tert-OH is 2. The van der Waals surface area contributed by atoms with Crippen LogP contribution in [0.4, 0.5) is 0 Å². The molecule has 0 saturated heterocycles. The molecule has 0 aromatic carbocycles. The second kappa shape index (κ2) is 84.3. The van der Waals surface area contributed by atoms with Gasteiger partial charge in [0.05, 0.1) is 26.4 Å². The lowest BCUT2D eigenvalue weighted by Gasteiger charge is -2.21. The van der Waals surface area contributed by atoms with Crippen LogP contribution >= 0.6 is 15.6 Å². The largest absolute Gasteiger partial charge is 0.472 e. The van der Waals surface area contributed by atoms with E-state index in [9.17, 15) is 43.5 Å². The predicted molar refractivity (Wildman–Crippen MR) is 463 cm³/mol. The number of rotatable bonds is 81. The molecule has 634 valence electrons. The molecule has 0 aromatic heterocycles. The third kappa shape index (κ3) is 85.6. The van der Waals surface area contributed by atoms with Crippen LogP contribution in [-0.4, -0.2) is 95.9 Å². The molecule has 0 bridgehead atoms.